The number of aromatic nitrogens is 4. The van der Waals surface area contributed by atoms with E-state index in [4.69, 9.17) is 11.5 Å². The maximum atomic E-state index is 13.4. The normalized spacial score (nSPS) is 18.4. The predicted octanol–water partition coefficient (Wildman–Crippen LogP) is 2.36. The molecule has 0 saturated carbocycles. The number of nitrogen functional groups attached to an aromatic ring is 1. The number of fused-ring (bicyclic) bond motifs is 2. The summed E-state index contributed by atoms with van der Waals surface area (Å²) >= 11 is 0. The van der Waals surface area contributed by atoms with Gasteiger partial charge in [0.05, 0.1) is 11.1 Å². The number of rotatable bonds is 5. The van der Waals surface area contributed by atoms with E-state index in [2.05, 4.69) is 20.4 Å². The van der Waals surface area contributed by atoms with Crippen molar-refractivity contribution in [1.29, 1.82) is 0 Å². The van der Waals surface area contributed by atoms with Gasteiger partial charge < -0.3 is 16.8 Å². The zero-order valence-electron chi connectivity index (χ0n) is 16.9. The molecule has 14 heteroatoms. The molecule has 9 nitrogen and oxygen atoms in total. The summed E-state index contributed by atoms with van der Waals surface area (Å²) in [6, 6.07) is 6.20. The van der Waals surface area contributed by atoms with Crippen LogP contribution in [0, 0.1) is 0 Å². The maximum absolute atomic E-state index is 13.4. The van der Waals surface area contributed by atoms with E-state index in [0.29, 0.717) is 5.39 Å². The maximum Gasteiger partial charge on any atom is 0.453 e. The molecule has 5 N–H and O–H groups in total. The fourth-order valence-corrected chi connectivity index (χ4v) is 3.60. The zero-order valence-corrected chi connectivity index (χ0v) is 16.9. The van der Waals surface area contributed by atoms with E-state index in [0.717, 1.165) is 4.68 Å². The van der Waals surface area contributed by atoms with Crippen LogP contribution in [0.25, 0.3) is 22.4 Å². The van der Waals surface area contributed by atoms with Crippen LogP contribution >= 0.6 is 0 Å². The molecular weight excluding hydrogens is 453 g/mol. The third-order valence-electron chi connectivity index (χ3n) is 5.54. The summed E-state index contributed by atoms with van der Waals surface area (Å²) in [4.78, 5) is 32.5. The molecule has 1 aromatic carbocycles. The lowest BCUT2D eigenvalue weighted by Gasteiger charge is -2.19. The molecule has 0 spiro atoms. The van der Waals surface area contributed by atoms with Crippen molar-refractivity contribution in [3.63, 3.8) is 0 Å². The first kappa shape index (κ1) is 22.4. The molecule has 2 amide bonds. The Bertz CT molecular complexity index is 1300. The summed E-state index contributed by atoms with van der Waals surface area (Å²) in [6.07, 6.45) is -7.22. The highest BCUT2D eigenvalue weighted by molar-refractivity contribution is 6.20. The molecule has 0 saturated heterocycles. The number of hydrogen-bond donors (Lipinski definition) is 3. The van der Waals surface area contributed by atoms with Gasteiger partial charge in [0.1, 0.15) is 17.3 Å². The van der Waals surface area contributed by atoms with Crippen LogP contribution in [0.4, 0.5) is 33.6 Å². The summed E-state index contributed by atoms with van der Waals surface area (Å²) in [5, 5.41) is 6.90. The van der Waals surface area contributed by atoms with Gasteiger partial charge in [-0.2, -0.15) is 27.1 Å². The largest absolute Gasteiger partial charge is 0.453 e. The zero-order chi connectivity index (χ0) is 24.3. The highest BCUT2D eigenvalue weighted by Gasteiger charge is 2.57. The second-order valence-electron chi connectivity index (χ2n) is 7.64. The number of nitrogens with zero attached hydrogens (tertiary/aromatic N) is 4. The molecule has 0 radical (unpaired) electrons. The Balaban J connectivity index is 1.80. The lowest BCUT2D eigenvalue weighted by atomic mass is 9.84. The SMILES string of the molecule is CC1(C(N)=O)C(=O)Nc2nc(-c3nn(CCC(F)(F)C(F)(F)F)c4ccccc34)nc(N)c21. The Morgan fingerprint density at radius 2 is 1.85 bits per heavy atom. The van der Waals surface area contributed by atoms with E-state index < -0.39 is 42.3 Å². The van der Waals surface area contributed by atoms with Gasteiger partial charge in [0.25, 0.3) is 0 Å². The number of hydrogen-bond acceptors (Lipinski definition) is 6. The van der Waals surface area contributed by atoms with Crippen LogP contribution in [0.5, 0.6) is 0 Å². The smallest absolute Gasteiger partial charge is 0.383 e. The van der Waals surface area contributed by atoms with Gasteiger partial charge in [0.15, 0.2) is 11.2 Å². The number of para-hydroxylation sites is 1. The molecule has 33 heavy (non-hydrogen) atoms. The van der Waals surface area contributed by atoms with E-state index in [1.54, 1.807) is 18.2 Å². The molecule has 4 rings (SSSR count). The van der Waals surface area contributed by atoms with E-state index in [1.807, 2.05) is 0 Å². The van der Waals surface area contributed by atoms with Crippen molar-refractivity contribution in [3.05, 3.63) is 29.8 Å². The van der Waals surface area contributed by atoms with Gasteiger partial charge >= 0.3 is 12.1 Å². The highest BCUT2D eigenvalue weighted by Crippen LogP contribution is 2.41. The Kier molecular flexibility index (Phi) is 4.80. The summed E-state index contributed by atoms with van der Waals surface area (Å²) in [6.45, 7) is 0.519. The van der Waals surface area contributed by atoms with Gasteiger partial charge in [-0.15, -0.1) is 0 Å². The Morgan fingerprint density at radius 1 is 1.18 bits per heavy atom. The molecule has 1 aliphatic rings. The van der Waals surface area contributed by atoms with Gasteiger partial charge in [-0.1, -0.05) is 18.2 Å². The van der Waals surface area contributed by atoms with Crippen LogP contribution in [0.3, 0.4) is 0 Å². The summed E-state index contributed by atoms with van der Waals surface area (Å²) in [5.74, 6) is -7.08. The molecular formula is C19H16F5N7O2. The van der Waals surface area contributed by atoms with Gasteiger partial charge in [-0.3, -0.25) is 14.3 Å². The number of benzene rings is 1. The first-order valence-electron chi connectivity index (χ1n) is 9.47. The van der Waals surface area contributed by atoms with Crippen LogP contribution < -0.4 is 16.8 Å². The van der Waals surface area contributed by atoms with Crippen molar-refractivity contribution in [2.45, 2.75) is 37.4 Å². The van der Waals surface area contributed by atoms with Crippen LogP contribution in [0.1, 0.15) is 18.9 Å². The van der Waals surface area contributed by atoms with Gasteiger partial charge in [0, 0.05) is 18.4 Å². The molecule has 3 aromatic rings. The number of nitrogens with one attached hydrogen (secondary N) is 1. The summed E-state index contributed by atoms with van der Waals surface area (Å²) < 4.78 is 65.6. The molecule has 1 atom stereocenters. The molecule has 1 unspecified atom stereocenters. The minimum Gasteiger partial charge on any atom is -0.383 e. The number of amides is 2. The van der Waals surface area contributed by atoms with Crippen LogP contribution in [0.15, 0.2) is 24.3 Å². The predicted molar refractivity (Wildman–Crippen MR) is 106 cm³/mol. The fourth-order valence-electron chi connectivity index (χ4n) is 3.60. The van der Waals surface area contributed by atoms with E-state index in [1.165, 1.54) is 13.0 Å². The van der Waals surface area contributed by atoms with Crippen molar-refractivity contribution < 1.29 is 31.5 Å². The lowest BCUT2D eigenvalue weighted by Crippen LogP contribution is -2.44. The van der Waals surface area contributed by atoms with Gasteiger partial charge in [0.2, 0.25) is 11.8 Å². The number of carbonyl (C=O) groups is 2. The van der Waals surface area contributed by atoms with Crippen LogP contribution in [-0.4, -0.2) is 43.7 Å². The number of alkyl halides is 5. The van der Waals surface area contributed by atoms with Crippen molar-refractivity contribution in [3.8, 4) is 11.5 Å². The molecule has 2 aromatic heterocycles. The van der Waals surface area contributed by atoms with Gasteiger partial charge in [-0.05, 0) is 13.0 Å². The third-order valence-corrected chi connectivity index (χ3v) is 5.54. The lowest BCUT2D eigenvalue weighted by molar-refractivity contribution is -0.285. The summed E-state index contributed by atoms with van der Waals surface area (Å²) in [7, 11) is 0. The minimum atomic E-state index is -5.69. The summed E-state index contributed by atoms with van der Waals surface area (Å²) in [5.41, 5.74) is 9.84. The van der Waals surface area contributed by atoms with E-state index in [9.17, 15) is 31.5 Å². The van der Waals surface area contributed by atoms with Crippen molar-refractivity contribution >= 4 is 34.4 Å². The minimum absolute atomic E-state index is 0.0164. The van der Waals surface area contributed by atoms with E-state index >= 15 is 0 Å². The van der Waals surface area contributed by atoms with Crippen molar-refractivity contribution in [2.24, 2.45) is 5.73 Å². The number of carbonyl (C=O) groups excluding carboxylic acids is 2. The monoisotopic (exact) mass is 469 g/mol. The Labute approximate surface area is 182 Å². The number of nitrogens with two attached hydrogens (primary N) is 2. The first-order valence-corrected chi connectivity index (χ1v) is 9.47. The third kappa shape index (κ3) is 3.32. The Morgan fingerprint density at radius 3 is 2.48 bits per heavy atom. The molecule has 174 valence electrons. The second kappa shape index (κ2) is 7.08. The number of primary amides is 1. The van der Waals surface area contributed by atoms with Crippen LogP contribution in [0.2, 0.25) is 0 Å². The first-order chi connectivity index (χ1) is 15.3. The fraction of sp³-hybridized carbons (Fsp3) is 0.316. The molecule has 0 bridgehead atoms. The average molecular weight is 469 g/mol. The highest BCUT2D eigenvalue weighted by atomic mass is 19.4. The Hall–Kier alpha value is -3.84. The molecule has 0 fully saturated rings. The van der Waals surface area contributed by atoms with Gasteiger partial charge in [-0.25, -0.2) is 9.97 Å². The average Bonchev–Trinajstić information content (AvgIpc) is 3.21. The van der Waals surface area contributed by atoms with E-state index in [-0.39, 0.29) is 34.2 Å². The number of halogens is 5. The molecule has 1 aliphatic heterocycles. The van der Waals surface area contributed by atoms with Crippen molar-refractivity contribution in [1.82, 2.24) is 19.7 Å². The molecule has 3 heterocycles. The molecule has 0 aliphatic carbocycles. The quantitative estimate of drug-likeness (QED) is 0.387. The number of anilines is 2. The van der Waals surface area contributed by atoms with Crippen molar-refractivity contribution in [2.75, 3.05) is 11.1 Å². The second-order valence-corrected chi connectivity index (χ2v) is 7.64. The topological polar surface area (TPSA) is 142 Å². The standard InChI is InChI=1S/C19H16F5N7O2/c1-17(15(26)32)10-12(25)27-14(28-13(10)29-16(17)33)11-8-4-2-3-5-9(8)31(30-11)7-6-18(20,21)19(22,23)24/h2-5H,6-7H2,1H3,(H2,26,32)(H3,25,27,28,29,33). The van der Waals surface area contributed by atoms with Crippen LogP contribution in [-0.2, 0) is 21.5 Å². The number of aryl methyl sites for hydroxylation is 1.